The molecule has 6 rings (SSSR count). The van der Waals surface area contributed by atoms with Crippen LogP contribution >= 0.6 is 0 Å². The van der Waals surface area contributed by atoms with Crippen LogP contribution in [0.5, 0.6) is 0 Å². The molecule has 0 saturated carbocycles. The van der Waals surface area contributed by atoms with E-state index in [1.54, 1.807) is 0 Å². The van der Waals surface area contributed by atoms with E-state index < -0.39 is 5.91 Å². The first-order valence-electron chi connectivity index (χ1n) is 9.80. The van der Waals surface area contributed by atoms with Crippen LogP contribution in [0.2, 0.25) is 0 Å². The molecule has 3 aliphatic heterocycles. The maximum absolute atomic E-state index is 12.0. The number of rotatable bonds is 2. The average molecular weight is 370 g/mol. The van der Waals surface area contributed by atoms with Gasteiger partial charge in [-0.05, 0) is 62.2 Å². The van der Waals surface area contributed by atoms with Gasteiger partial charge in [0.2, 0.25) is 0 Å². The minimum absolute atomic E-state index is 0.287. The molecule has 0 unspecified atom stereocenters. The Hall–Kier alpha value is -3.10. The van der Waals surface area contributed by atoms with E-state index in [0.717, 1.165) is 41.7 Å². The number of aromatic nitrogens is 2. The van der Waals surface area contributed by atoms with E-state index >= 15 is 0 Å². The third-order valence-electron chi connectivity index (χ3n) is 6.00. The third kappa shape index (κ3) is 2.96. The molecule has 3 aliphatic rings. The van der Waals surface area contributed by atoms with Crippen molar-refractivity contribution in [1.82, 2.24) is 14.7 Å². The SMILES string of the molecule is NC(=O)c1nn([C@H]2CN3CCC2CC3)c2cc(C#Cc3ccccc3)ccc12. The molecule has 0 spiro atoms. The van der Waals surface area contributed by atoms with E-state index in [0.29, 0.717) is 11.6 Å². The minimum Gasteiger partial charge on any atom is -0.364 e. The average Bonchev–Trinajstić information content (AvgIpc) is 3.13. The molecule has 3 saturated heterocycles. The summed E-state index contributed by atoms with van der Waals surface area (Å²) < 4.78 is 2.04. The molecule has 2 aromatic carbocycles. The van der Waals surface area contributed by atoms with Crippen molar-refractivity contribution in [3.05, 3.63) is 65.4 Å². The Labute approximate surface area is 164 Å². The lowest BCUT2D eigenvalue weighted by molar-refractivity contribution is 0.0531. The first kappa shape index (κ1) is 17.0. The second kappa shape index (κ2) is 6.81. The number of hydrogen-bond donors (Lipinski definition) is 1. The first-order chi connectivity index (χ1) is 13.7. The van der Waals surface area contributed by atoms with Gasteiger partial charge in [-0.25, -0.2) is 0 Å². The number of nitrogens with two attached hydrogens (primary N) is 1. The molecule has 3 aromatic rings. The Morgan fingerprint density at radius 1 is 1.04 bits per heavy atom. The fourth-order valence-electron chi connectivity index (χ4n) is 4.53. The summed E-state index contributed by atoms with van der Waals surface area (Å²) >= 11 is 0. The fraction of sp³-hybridized carbons (Fsp3) is 0.304. The molecule has 2 N–H and O–H groups in total. The number of nitrogens with zero attached hydrogens (tertiary/aromatic N) is 3. The number of primary amides is 1. The Bertz CT molecular complexity index is 1100. The van der Waals surface area contributed by atoms with Gasteiger partial charge in [0.15, 0.2) is 5.69 Å². The van der Waals surface area contributed by atoms with Crippen LogP contribution < -0.4 is 5.73 Å². The summed E-state index contributed by atoms with van der Waals surface area (Å²) in [6, 6.07) is 16.1. The minimum atomic E-state index is -0.479. The van der Waals surface area contributed by atoms with E-state index in [2.05, 4.69) is 21.8 Å². The normalized spacial score (nSPS) is 23.4. The summed E-state index contributed by atoms with van der Waals surface area (Å²) in [6.07, 6.45) is 2.37. The predicted octanol–water partition coefficient (Wildman–Crippen LogP) is 2.80. The van der Waals surface area contributed by atoms with Crippen LogP contribution in [-0.2, 0) is 0 Å². The molecular weight excluding hydrogens is 348 g/mol. The molecule has 0 aliphatic carbocycles. The number of hydrogen-bond acceptors (Lipinski definition) is 3. The maximum atomic E-state index is 12.0. The van der Waals surface area contributed by atoms with Crippen LogP contribution in [0.1, 0.15) is 40.5 Å². The summed E-state index contributed by atoms with van der Waals surface area (Å²) in [7, 11) is 0. The first-order valence-corrected chi connectivity index (χ1v) is 9.80. The van der Waals surface area contributed by atoms with Crippen LogP contribution in [0.4, 0.5) is 0 Å². The summed E-state index contributed by atoms with van der Waals surface area (Å²) in [5.74, 6) is 6.57. The van der Waals surface area contributed by atoms with Gasteiger partial charge in [-0.3, -0.25) is 9.48 Å². The van der Waals surface area contributed by atoms with Crippen LogP contribution in [0, 0.1) is 17.8 Å². The fourth-order valence-corrected chi connectivity index (χ4v) is 4.53. The topological polar surface area (TPSA) is 64.2 Å². The van der Waals surface area contributed by atoms with Gasteiger partial charge in [-0.15, -0.1) is 0 Å². The van der Waals surface area contributed by atoms with Gasteiger partial charge in [-0.1, -0.05) is 30.0 Å². The molecule has 2 bridgehead atoms. The summed E-state index contributed by atoms with van der Waals surface area (Å²) in [4.78, 5) is 14.5. The quantitative estimate of drug-likeness (QED) is 0.706. The predicted molar refractivity (Wildman–Crippen MR) is 109 cm³/mol. The van der Waals surface area contributed by atoms with Gasteiger partial charge in [0, 0.05) is 23.1 Å². The molecule has 5 nitrogen and oxygen atoms in total. The highest BCUT2D eigenvalue weighted by atomic mass is 16.1. The smallest absolute Gasteiger partial charge is 0.269 e. The van der Waals surface area contributed by atoms with Crippen molar-refractivity contribution >= 4 is 16.8 Å². The molecule has 1 aromatic heterocycles. The summed E-state index contributed by atoms with van der Waals surface area (Å²) in [5.41, 5.74) is 8.82. The van der Waals surface area contributed by atoms with E-state index in [9.17, 15) is 4.79 Å². The second-order valence-corrected chi connectivity index (χ2v) is 7.71. The van der Waals surface area contributed by atoms with Gasteiger partial charge in [0.1, 0.15) is 0 Å². The number of fused-ring (bicyclic) bond motifs is 4. The van der Waals surface area contributed by atoms with Crippen molar-refractivity contribution in [2.45, 2.75) is 18.9 Å². The van der Waals surface area contributed by atoms with Crippen molar-refractivity contribution < 1.29 is 4.79 Å². The molecule has 5 heteroatoms. The van der Waals surface area contributed by atoms with Crippen molar-refractivity contribution in [2.24, 2.45) is 11.7 Å². The van der Waals surface area contributed by atoms with E-state index in [-0.39, 0.29) is 6.04 Å². The summed E-state index contributed by atoms with van der Waals surface area (Å²) in [6.45, 7) is 3.31. The van der Waals surface area contributed by atoms with Gasteiger partial charge >= 0.3 is 0 Å². The number of benzene rings is 2. The van der Waals surface area contributed by atoms with Gasteiger partial charge < -0.3 is 10.6 Å². The van der Waals surface area contributed by atoms with Gasteiger partial charge in [-0.2, -0.15) is 5.10 Å². The highest BCUT2D eigenvalue weighted by molar-refractivity contribution is 6.04. The van der Waals surface area contributed by atoms with Crippen molar-refractivity contribution in [1.29, 1.82) is 0 Å². The van der Waals surface area contributed by atoms with E-state index in [1.807, 2.05) is 53.2 Å². The number of carbonyl (C=O) groups is 1. The molecule has 3 fully saturated rings. The standard InChI is InChI=1S/C23H22N4O/c24-23(28)22-19-9-8-17(7-6-16-4-2-1-3-5-16)14-20(19)27(25-22)21-15-26-12-10-18(21)11-13-26/h1-5,8-9,14,18,21H,10-13,15H2,(H2,24,28)/t21-/m0/s1. The van der Waals surface area contributed by atoms with Gasteiger partial charge in [0.05, 0.1) is 11.6 Å². The zero-order chi connectivity index (χ0) is 19.1. The van der Waals surface area contributed by atoms with Crippen LogP contribution in [0.25, 0.3) is 10.9 Å². The van der Waals surface area contributed by atoms with Crippen LogP contribution in [0.3, 0.4) is 0 Å². The lowest BCUT2D eigenvalue weighted by Crippen LogP contribution is -2.48. The Morgan fingerprint density at radius 3 is 2.46 bits per heavy atom. The van der Waals surface area contributed by atoms with Crippen LogP contribution in [-0.4, -0.2) is 40.2 Å². The Balaban J connectivity index is 1.59. The van der Waals surface area contributed by atoms with Crippen molar-refractivity contribution in [3.63, 3.8) is 0 Å². The summed E-state index contributed by atoms with van der Waals surface area (Å²) in [5, 5.41) is 5.47. The lowest BCUT2D eigenvalue weighted by atomic mass is 9.84. The molecular formula is C23H22N4O. The highest BCUT2D eigenvalue weighted by Gasteiger charge is 2.36. The van der Waals surface area contributed by atoms with E-state index in [1.165, 1.54) is 12.8 Å². The highest BCUT2D eigenvalue weighted by Crippen LogP contribution is 2.37. The monoisotopic (exact) mass is 370 g/mol. The number of carbonyl (C=O) groups excluding carboxylic acids is 1. The Kier molecular flexibility index (Phi) is 4.14. The van der Waals surface area contributed by atoms with Crippen molar-refractivity contribution in [3.8, 4) is 11.8 Å². The van der Waals surface area contributed by atoms with E-state index in [4.69, 9.17) is 5.73 Å². The van der Waals surface area contributed by atoms with Crippen molar-refractivity contribution in [2.75, 3.05) is 19.6 Å². The van der Waals surface area contributed by atoms with Crippen LogP contribution in [0.15, 0.2) is 48.5 Å². The second-order valence-electron chi connectivity index (χ2n) is 7.71. The third-order valence-corrected chi connectivity index (χ3v) is 6.00. The molecule has 0 radical (unpaired) electrons. The Morgan fingerprint density at radius 2 is 1.79 bits per heavy atom. The lowest BCUT2D eigenvalue weighted by Gasteiger charge is -2.44. The largest absolute Gasteiger partial charge is 0.364 e. The zero-order valence-electron chi connectivity index (χ0n) is 15.6. The molecule has 1 amide bonds. The van der Waals surface area contributed by atoms with Gasteiger partial charge in [0.25, 0.3) is 5.91 Å². The molecule has 28 heavy (non-hydrogen) atoms. The molecule has 140 valence electrons. The zero-order valence-corrected chi connectivity index (χ0v) is 15.6. The molecule has 1 atom stereocenters. The number of amides is 1. The number of piperidine rings is 3. The maximum Gasteiger partial charge on any atom is 0.269 e. The molecule has 4 heterocycles.